The van der Waals surface area contributed by atoms with Crippen LogP contribution in [0.4, 0.5) is 11.5 Å². The number of pyridine rings is 1. The number of ether oxygens (including phenoxy) is 1. The molecule has 0 aliphatic carbocycles. The maximum atomic E-state index is 12.7. The lowest BCUT2D eigenvalue weighted by Crippen LogP contribution is -2.16. The molecule has 1 amide bonds. The van der Waals surface area contributed by atoms with Gasteiger partial charge in [-0.3, -0.25) is 4.79 Å². The first-order valence-electron chi connectivity index (χ1n) is 9.43. The molecule has 0 bridgehead atoms. The summed E-state index contributed by atoms with van der Waals surface area (Å²) in [6.07, 6.45) is 1.58. The van der Waals surface area contributed by atoms with E-state index in [2.05, 4.69) is 15.6 Å². The third kappa shape index (κ3) is 5.19. The summed E-state index contributed by atoms with van der Waals surface area (Å²) in [5.41, 5.74) is 2.27. The number of hydrogen-bond acceptors (Lipinski definition) is 5. The molecule has 0 aliphatic rings. The first-order chi connectivity index (χ1) is 14.1. The summed E-state index contributed by atoms with van der Waals surface area (Å²) in [6, 6.07) is 20.1. The molecular weight excluding hydrogens is 366 g/mol. The number of nitrogens with one attached hydrogen (secondary N) is 2. The van der Waals surface area contributed by atoms with Gasteiger partial charge in [-0.25, -0.2) is 9.78 Å². The second kappa shape index (κ2) is 9.50. The van der Waals surface area contributed by atoms with Crippen LogP contribution in [0.3, 0.4) is 0 Å². The lowest BCUT2D eigenvalue weighted by atomic mass is 10.1. The molecule has 1 heterocycles. The van der Waals surface area contributed by atoms with Crippen LogP contribution < -0.4 is 10.6 Å². The Morgan fingerprint density at radius 1 is 1.03 bits per heavy atom. The van der Waals surface area contributed by atoms with Gasteiger partial charge in [-0.15, -0.1) is 0 Å². The number of para-hydroxylation sites is 1. The summed E-state index contributed by atoms with van der Waals surface area (Å²) in [6.45, 7) is 4.03. The van der Waals surface area contributed by atoms with Gasteiger partial charge in [0.25, 0.3) is 5.91 Å². The van der Waals surface area contributed by atoms with Crippen LogP contribution in [-0.4, -0.2) is 23.5 Å². The van der Waals surface area contributed by atoms with Crippen molar-refractivity contribution in [2.75, 3.05) is 17.2 Å². The predicted molar refractivity (Wildman–Crippen MR) is 113 cm³/mol. The van der Waals surface area contributed by atoms with Gasteiger partial charge in [0, 0.05) is 17.8 Å². The van der Waals surface area contributed by atoms with Crippen molar-refractivity contribution in [2.24, 2.45) is 0 Å². The van der Waals surface area contributed by atoms with Gasteiger partial charge in [-0.2, -0.15) is 0 Å². The van der Waals surface area contributed by atoms with E-state index in [1.165, 1.54) is 0 Å². The maximum absolute atomic E-state index is 12.7. The van der Waals surface area contributed by atoms with Crippen molar-refractivity contribution in [3.63, 3.8) is 0 Å². The molecule has 2 N–H and O–H groups in total. The zero-order chi connectivity index (χ0) is 20.6. The third-order valence-electron chi connectivity index (χ3n) is 4.36. The van der Waals surface area contributed by atoms with Gasteiger partial charge < -0.3 is 15.4 Å². The lowest BCUT2D eigenvalue weighted by Gasteiger charge is -2.15. The summed E-state index contributed by atoms with van der Waals surface area (Å²) in [7, 11) is 0. The second-order valence-corrected chi connectivity index (χ2v) is 6.43. The highest BCUT2D eigenvalue weighted by molar-refractivity contribution is 6.08. The molecule has 0 radical (unpaired) electrons. The van der Waals surface area contributed by atoms with Gasteiger partial charge in [0.1, 0.15) is 5.82 Å². The molecule has 0 saturated carbocycles. The summed E-state index contributed by atoms with van der Waals surface area (Å²) in [5.74, 6) is -0.218. The van der Waals surface area contributed by atoms with Crippen molar-refractivity contribution in [1.29, 1.82) is 0 Å². The van der Waals surface area contributed by atoms with Crippen molar-refractivity contribution in [3.8, 4) is 0 Å². The third-order valence-corrected chi connectivity index (χ3v) is 4.36. The summed E-state index contributed by atoms with van der Waals surface area (Å²) in [5, 5.41) is 6.08. The lowest BCUT2D eigenvalue weighted by molar-refractivity contribution is 0.0527. The number of benzene rings is 2. The van der Waals surface area contributed by atoms with Crippen LogP contribution in [0.5, 0.6) is 0 Å². The summed E-state index contributed by atoms with van der Waals surface area (Å²) >= 11 is 0. The molecule has 6 nitrogen and oxygen atoms in total. The highest BCUT2D eigenvalue weighted by Gasteiger charge is 2.15. The minimum Gasteiger partial charge on any atom is -0.462 e. The van der Waals surface area contributed by atoms with Crippen LogP contribution in [0.1, 0.15) is 46.2 Å². The molecule has 6 heteroatoms. The van der Waals surface area contributed by atoms with E-state index in [9.17, 15) is 9.59 Å². The highest BCUT2D eigenvalue weighted by Crippen LogP contribution is 2.20. The minimum atomic E-state index is -0.475. The van der Waals surface area contributed by atoms with Gasteiger partial charge in [0.05, 0.1) is 17.9 Å². The average Bonchev–Trinajstić information content (AvgIpc) is 2.75. The standard InChI is InChI=1S/C23H23N3O3/c1-3-29-23(28)19-11-7-8-12-20(19)26-22(27)18-13-14-24-21(15-18)25-16(2)17-9-5-4-6-10-17/h4-16H,3H2,1-2H3,(H,24,25)(H,26,27). The van der Waals surface area contributed by atoms with Crippen LogP contribution in [0.15, 0.2) is 72.9 Å². The van der Waals surface area contributed by atoms with Crippen LogP contribution in [0.2, 0.25) is 0 Å². The van der Waals surface area contributed by atoms with Gasteiger partial charge in [-0.05, 0) is 43.7 Å². The van der Waals surface area contributed by atoms with E-state index >= 15 is 0 Å². The Labute approximate surface area is 169 Å². The number of amides is 1. The van der Waals surface area contributed by atoms with E-state index in [1.807, 2.05) is 37.3 Å². The molecule has 0 saturated heterocycles. The fraction of sp³-hybridized carbons (Fsp3) is 0.174. The molecule has 1 atom stereocenters. The number of carbonyl (C=O) groups excluding carboxylic acids is 2. The van der Waals surface area contributed by atoms with Crippen molar-refractivity contribution in [3.05, 3.63) is 89.6 Å². The molecule has 0 spiro atoms. The maximum Gasteiger partial charge on any atom is 0.340 e. The molecule has 2 aromatic carbocycles. The average molecular weight is 389 g/mol. The smallest absolute Gasteiger partial charge is 0.340 e. The fourth-order valence-electron chi connectivity index (χ4n) is 2.87. The molecule has 3 aromatic rings. The van der Waals surface area contributed by atoms with E-state index in [0.29, 0.717) is 22.6 Å². The zero-order valence-corrected chi connectivity index (χ0v) is 16.4. The van der Waals surface area contributed by atoms with Crippen molar-refractivity contribution < 1.29 is 14.3 Å². The van der Waals surface area contributed by atoms with Gasteiger partial charge in [0.2, 0.25) is 0 Å². The van der Waals surface area contributed by atoms with E-state index in [0.717, 1.165) is 5.56 Å². The second-order valence-electron chi connectivity index (χ2n) is 6.43. The quantitative estimate of drug-likeness (QED) is 0.573. The van der Waals surface area contributed by atoms with Crippen molar-refractivity contribution in [1.82, 2.24) is 4.98 Å². The van der Waals surface area contributed by atoms with E-state index < -0.39 is 5.97 Å². The van der Waals surface area contributed by atoms with Crippen LogP contribution in [0, 0.1) is 0 Å². The molecule has 148 valence electrons. The van der Waals surface area contributed by atoms with E-state index in [4.69, 9.17) is 4.74 Å². The van der Waals surface area contributed by atoms with Crippen molar-refractivity contribution in [2.45, 2.75) is 19.9 Å². The Hall–Kier alpha value is -3.67. The number of nitrogens with zero attached hydrogens (tertiary/aromatic N) is 1. The largest absolute Gasteiger partial charge is 0.462 e. The minimum absolute atomic E-state index is 0.0338. The SMILES string of the molecule is CCOC(=O)c1ccccc1NC(=O)c1ccnc(NC(C)c2ccccc2)c1. The van der Waals surface area contributed by atoms with Crippen molar-refractivity contribution >= 4 is 23.4 Å². The normalized spacial score (nSPS) is 11.4. The monoisotopic (exact) mass is 389 g/mol. The van der Waals surface area contributed by atoms with E-state index in [-0.39, 0.29) is 18.6 Å². The zero-order valence-electron chi connectivity index (χ0n) is 16.4. The Balaban J connectivity index is 1.74. The molecule has 29 heavy (non-hydrogen) atoms. The number of anilines is 2. The molecular formula is C23H23N3O3. The van der Waals surface area contributed by atoms with Crippen LogP contribution in [0.25, 0.3) is 0 Å². The molecule has 1 aromatic heterocycles. The van der Waals surface area contributed by atoms with Crippen LogP contribution in [-0.2, 0) is 4.74 Å². The Morgan fingerprint density at radius 2 is 1.76 bits per heavy atom. The molecule has 1 unspecified atom stereocenters. The fourth-order valence-corrected chi connectivity index (χ4v) is 2.87. The first-order valence-corrected chi connectivity index (χ1v) is 9.43. The molecule has 0 aliphatic heterocycles. The number of carbonyl (C=O) groups is 2. The highest BCUT2D eigenvalue weighted by atomic mass is 16.5. The number of hydrogen-bond donors (Lipinski definition) is 2. The van der Waals surface area contributed by atoms with Gasteiger partial charge >= 0.3 is 5.97 Å². The summed E-state index contributed by atoms with van der Waals surface area (Å²) in [4.78, 5) is 29.1. The number of rotatable bonds is 7. The van der Waals surface area contributed by atoms with Gasteiger partial charge in [-0.1, -0.05) is 42.5 Å². The molecule has 0 fully saturated rings. The Morgan fingerprint density at radius 3 is 2.52 bits per heavy atom. The number of aromatic nitrogens is 1. The van der Waals surface area contributed by atoms with Gasteiger partial charge in [0.15, 0.2) is 0 Å². The molecule has 3 rings (SSSR count). The summed E-state index contributed by atoms with van der Waals surface area (Å²) < 4.78 is 5.05. The first kappa shape index (κ1) is 20.1. The topological polar surface area (TPSA) is 80.3 Å². The number of esters is 1. The predicted octanol–water partition coefficient (Wildman–Crippen LogP) is 4.68. The van der Waals surface area contributed by atoms with Crippen LogP contribution >= 0.6 is 0 Å². The Bertz CT molecular complexity index is 989. The Kier molecular flexibility index (Phi) is 6.58. The van der Waals surface area contributed by atoms with E-state index in [1.54, 1.807) is 49.5 Å².